The molecule has 11 nitrogen and oxygen atoms in total. The molecule has 0 unspecified atom stereocenters. The zero-order valence-electron chi connectivity index (χ0n) is 21.3. The fraction of sp³-hybridized carbons (Fsp3) is 0.565. The topological polar surface area (TPSA) is 136 Å². The van der Waals surface area contributed by atoms with Crippen LogP contribution in [0.3, 0.4) is 0 Å². The minimum Gasteiger partial charge on any atom is -0.443 e. The van der Waals surface area contributed by atoms with E-state index in [2.05, 4.69) is 0 Å². The molecule has 196 valence electrons. The van der Waals surface area contributed by atoms with Crippen molar-refractivity contribution in [3.8, 4) is 0 Å². The summed E-state index contributed by atoms with van der Waals surface area (Å²) in [6.45, 7) is 11.8. The lowest BCUT2D eigenvalue weighted by Gasteiger charge is -2.28. The van der Waals surface area contributed by atoms with Crippen molar-refractivity contribution in [3.05, 3.63) is 46.5 Å². The quantitative estimate of drug-likeness (QED) is 0.263. The van der Waals surface area contributed by atoms with Crippen molar-refractivity contribution in [2.75, 3.05) is 19.6 Å². The first-order valence-electron chi connectivity index (χ1n) is 11.1. The number of nitro groups is 1. The van der Waals surface area contributed by atoms with Gasteiger partial charge in [0.1, 0.15) is 11.2 Å². The summed E-state index contributed by atoms with van der Waals surface area (Å²) < 4.78 is 37.8. The summed E-state index contributed by atoms with van der Waals surface area (Å²) in [5.74, 6) is 0. The van der Waals surface area contributed by atoms with Crippen molar-refractivity contribution in [3.63, 3.8) is 0 Å². The number of hydrogen-bond acceptors (Lipinski definition) is 8. The van der Waals surface area contributed by atoms with Crippen LogP contribution in [0.2, 0.25) is 0 Å². The molecule has 0 saturated heterocycles. The van der Waals surface area contributed by atoms with Gasteiger partial charge in [0.15, 0.2) is 0 Å². The van der Waals surface area contributed by atoms with Gasteiger partial charge in [-0.1, -0.05) is 19.1 Å². The Bertz CT molecular complexity index is 994. The van der Waals surface area contributed by atoms with E-state index in [0.29, 0.717) is 6.42 Å². The van der Waals surface area contributed by atoms with E-state index >= 15 is 0 Å². The van der Waals surface area contributed by atoms with Crippen molar-refractivity contribution in [2.45, 2.75) is 71.0 Å². The Balaban J connectivity index is 3.04. The molecule has 1 aromatic carbocycles. The van der Waals surface area contributed by atoms with Crippen LogP contribution in [0, 0.1) is 10.1 Å². The maximum Gasteiger partial charge on any atom is 0.420 e. The van der Waals surface area contributed by atoms with Crippen molar-refractivity contribution in [1.82, 2.24) is 9.21 Å². The molecule has 35 heavy (non-hydrogen) atoms. The maximum atomic E-state index is 13.0. The summed E-state index contributed by atoms with van der Waals surface area (Å²) >= 11 is 0. The van der Waals surface area contributed by atoms with Gasteiger partial charge in [-0.05, 0) is 60.1 Å². The zero-order valence-corrected chi connectivity index (χ0v) is 22.1. The number of carbonyl (C=O) groups is 2. The molecule has 0 radical (unpaired) electrons. The number of ether oxygens (including phenoxy) is 2. The van der Waals surface area contributed by atoms with E-state index in [4.69, 9.17) is 9.47 Å². The average Bonchev–Trinajstić information content (AvgIpc) is 2.70. The molecule has 0 heterocycles. The van der Waals surface area contributed by atoms with Gasteiger partial charge in [0, 0.05) is 25.2 Å². The third kappa shape index (κ3) is 10.0. The number of amides is 2. The number of hydrogen-bond donors (Lipinski definition) is 0. The van der Waals surface area contributed by atoms with Gasteiger partial charge in [-0.15, -0.1) is 0 Å². The fourth-order valence-electron chi connectivity index (χ4n) is 2.68. The molecule has 2 amide bonds. The number of nitro benzene ring substituents is 1. The van der Waals surface area contributed by atoms with E-state index in [1.54, 1.807) is 41.5 Å². The van der Waals surface area contributed by atoms with Crippen LogP contribution >= 0.6 is 0 Å². The molecule has 0 bridgehead atoms. The summed E-state index contributed by atoms with van der Waals surface area (Å²) in [5.41, 5.74) is -1.88. The Morgan fingerprint density at radius 2 is 1.40 bits per heavy atom. The molecule has 0 atom stereocenters. The van der Waals surface area contributed by atoms with Crippen molar-refractivity contribution in [2.24, 2.45) is 0 Å². The van der Waals surface area contributed by atoms with E-state index in [9.17, 15) is 28.1 Å². The van der Waals surface area contributed by atoms with Crippen LogP contribution in [0.15, 0.2) is 41.3 Å². The second-order valence-corrected chi connectivity index (χ2v) is 11.6. The molecule has 12 heteroatoms. The van der Waals surface area contributed by atoms with Crippen LogP contribution in [0.4, 0.5) is 15.3 Å². The van der Waals surface area contributed by atoms with Crippen molar-refractivity contribution < 1.29 is 32.4 Å². The lowest BCUT2D eigenvalue weighted by Crippen LogP contribution is -2.43. The van der Waals surface area contributed by atoms with Gasteiger partial charge < -0.3 is 9.47 Å². The van der Waals surface area contributed by atoms with Crippen LogP contribution in [0.25, 0.3) is 0 Å². The van der Waals surface area contributed by atoms with E-state index < -0.39 is 38.3 Å². The number of nitrogens with zero attached hydrogens (tertiary/aromatic N) is 3. The zero-order chi connectivity index (χ0) is 27.0. The van der Waals surface area contributed by atoms with Crippen molar-refractivity contribution in [1.29, 1.82) is 0 Å². The van der Waals surface area contributed by atoms with Gasteiger partial charge >= 0.3 is 12.2 Å². The highest BCUT2D eigenvalue weighted by Gasteiger charge is 2.30. The van der Waals surface area contributed by atoms with E-state index in [1.807, 2.05) is 6.92 Å². The van der Waals surface area contributed by atoms with E-state index in [1.165, 1.54) is 28.6 Å². The minimum absolute atomic E-state index is 0.0381. The predicted molar refractivity (Wildman–Crippen MR) is 130 cm³/mol. The van der Waals surface area contributed by atoms with Crippen LogP contribution in [-0.2, 0) is 19.5 Å². The summed E-state index contributed by atoms with van der Waals surface area (Å²) in [6, 6.07) is 4.64. The molecule has 0 spiro atoms. The molecule has 1 aromatic rings. The number of imide groups is 1. The van der Waals surface area contributed by atoms with Crippen molar-refractivity contribution >= 4 is 27.9 Å². The minimum atomic E-state index is -3.92. The van der Waals surface area contributed by atoms with Gasteiger partial charge in [0.2, 0.25) is 10.0 Å². The Morgan fingerprint density at radius 1 is 0.943 bits per heavy atom. The Hall–Kier alpha value is -2.99. The first kappa shape index (κ1) is 30.0. The first-order chi connectivity index (χ1) is 16.0. The normalized spacial score (nSPS) is 12.6. The smallest absolute Gasteiger partial charge is 0.420 e. The Kier molecular flexibility index (Phi) is 10.4. The molecular formula is C23H35N3O8S. The van der Waals surface area contributed by atoms with Gasteiger partial charge in [0.05, 0.1) is 16.4 Å². The molecule has 0 aliphatic carbocycles. The predicted octanol–water partition coefficient (Wildman–Crippen LogP) is 4.72. The largest absolute Gasteiger partial charge is 0.443 e. The molecule has 0 aliphatic rings. The van der Waals surface area contributed by atoms with Crippen LogP contribution in [0.1, 0.15) is 54.9 Å². The molecule has 0 saturated carbocycles. The number of carbonyl (C=O) groups excluding carboxylic acids is 2. The standard InChI is InChI=1S/C23H35N3O8S/c1-8-15-24(35(31,32)19-13-11-18(12-14-19)26(29)30)16-9-10-17-25(20(27)33-22(2,3)4)21(28)34-23(5,6)7/h9-14H,8,15-17H2,1-7H3/b10-9+. The highest BCUT2D eigenvalue weighted by atomic mass is 32.2. The molecule has 0 fully saturated rings. The second-order valence-electron chi connectivity index (χ2n) is 9.66. The van der Waals surface area contributed by atoms with Crippen LogP contribution in [-0.4, -0.2) is 65.6 Å². The second kappa shape index (κ2) is 12.1. The number of benzene rings is 1. The van der Waals surface area contributed by atoms with Gasteiger partial charge in [-0.2, -0.15) is 4.31 Å². The Morgan fingerprint density at radius 3 is 1.80 bits per heavy atom. The van der Waals surface area contributed by atoms with E-state index in [0.717, 1.165) is 17.0 Å². The number of rotatable bonds is 9. The third-order valence-corrected chi connectivity index (χ3v) is 6.03. The average molecular weight is 514 g/mol. The first-order valence-corrected chi connectivity index (χ1v) is 12.5. The molecule has 1 rings (SSSR count). The highest BCUT2D eigenvalue weighted by molar-refractivity contribution is 7.89. The lowest BCUT2D eigenvalue weighted by atomic mass is 10.2. The number of sulfonamides is 1. The fourth-order valence-corrected chi connectivity index (χ4v) is 4.16. The van der Waals surface area contributed by atoms with Gasteiger partial charge in [-0.3, -0.25) is 10.1 Å². The van der Waals surface area contributed by atoms with Crippen LogP contribution < -0.4 is 0 Å². The third-order valence-electron chi connectivity index (χ3n) is 4.15. The summed E-state index contributed by atoms with van der Waals surface area (Å²) in [5, 5.41) is 10.8. The lowest BCUT2D eigenvalue weighted by molar-refractivity contribution is -0.384. The molecule has 0 aromatic heterocycles. The maximum absolute atomic E-state index is 13.0. The summed E-state index contributed by atoms with van der Waals surface area (Å²) in [4.78, 5) is 36.1. The molecular weight excluding hydrogens is 478 g/mol. The number of non-ortho nitro benzene ring substituents is 1. The summed E-state index contributed by atoms with van der Waals surface area (Å²) in [6.07, 6.45) is 1.74. The van der Waals surface area contributed by atoms with E-state index in [-0.39, 0.29) is 30.2 Å². The molecule has 0 N–H and O–H groups in total. The van der Waals surface area contributed by atoms with Crippen LogP contribution in [0.5, 0.6) is 0 Å². The highest BCUT2D eigenvalue weighted by Crippen LogP contribution is 2.20. The summed E-state index contributed by atoms with van der Waals surface area (Å²) in [7, 11) is -3.92. The SMILES string of the molecule is CCCN(C/C=C/CN(C(=O)OC(C)(C)C)C(=O)OC(C)(C)C)S(=O)(=O)c1ccc([N+](=O)[O-])cc1. The monoisotopic (exact) mass is 513 g/mol. The van der Waals surface area contributed by atoms with Gasteiger partial charge in [-0.25, -0.2) is 22.9 Å². The Labute approximate surface area is 206 Å². The van der Waals surface area contributed by atoms with Gasteiger partial charge in [0.25, 0.3) is 5.69 Å². The molecule has 0 aliphatic heterocycles.